The average Bonchev–Trinajstić information content (AvgIpc) is 2.99. The maximum atomic E-state index is 13.0. The number of carbonyl (C=O) groups is 3. The Morgan fingerprint density at radius 2 is 1.81 bits per heavy atom. The number of amides is 1. The van der Waals surface area contributed by atoms with Crippen molar-refractivity contribution in [1.29, 1.82) is 0 Å². The van der Waals surface area contributed by atoms with E-state index in [2.05, 4.69) is 11.9 Å². The molecule has 1 aliphatic carbocycles. The highest BCUT2D eigenvalue weighted by atomic mass is 16.6. The molecule has 31 heavy (non-hydrogen) atoms. The first kappa shape index (κ1) is 23.2. The second kappa shape index (κ2) is 8.97. The Morgan fingerprint density at radius 3 is 2.45 bits per heavy atom. The predicted molar refractivity (Wildman–Crippen MR) is 116 cm³/mol. The Labute approximate surface area is 184 Å². The fourth-order valence-corrected chi connectivity index (χ4v) is 4.58. The monoisotopic (exact) mass is 430 g/mol. The van der Waals surface area contributed by atoms with Gasteiger partial charge < -0.3 is 14.4 Å². The van der Waals surface area contributed by atoms with E-state index in [4.69, 9.17) is 9.47 Å². The maximum absolute atomic E-state index is 13.0. The number of anilines is 1. The van der Waals surface area contributed by atoms with Gasteiger partial charge in [0.05, 0.1) is 30.8 Å². The molecule has 2 aliphatic rings. The van der Waals surface area contributed by atoms with Gasteiger partial charge in [-0.2, -0.15) is 0 Å². The van der Waals surface area contributed by atoms with Crippen molar-refractivity contribution in [2.45, 2.75) is 78.4 Å². The molecule has 2 heterocycles. The smallest absolute Gasteiger partial charge is 0.311 e. The maximum Gasteiger partial charge on any atom is 0.311 e. The molecule has 0 aromatic carbocycles. The molecule has 1 fully saturated rings. The van der Waals surface area contributed by atoms with Gasteiger partial charge >= 0.3 is 11.9 Å². The molecule has 1 aliphatic heterocycles. The Morgan fingerprint density at radius 1 is 1.10 bits per heavy atom. The molecule has 0 radical (unpaired) electrons. The molecule has 0 spiro atoms. The molecule has 4 atom stereocenters. The zero-order valence-electron chi connectivity index (χ0n) is 19.4. The Kier molecular flexibility index (Phi) is 6.72. The number of ether oxygens (including phenoxy) is 2. The van der Waals surface area contributed by atoms with E-state index in [9.17, 15) is 14.4 Å². The van der Waals surface area contributed by atoms with E-state index < -0.39 is 11.5 Å². The summed E-state index contributed by atoms with van der Waals surface area (Å²) in [5.41, 5.74) is 1.98. The van der Waals surface area contributed by atoms with Crippen LogP contribution in [0, 0.1) is 17.8 Å². The SMILES string of the molecule is COC(=O)[C@H]1CC(=O)N(c2cnc3cc2CC(C(=O)OC(C)(C)C)CC[C@@H](C)C3)[C@H]1C. The fourth-order valence-electron chi connectivity index (χ4n) is 4.58. The lowest BCUT2D eigenvalue weighted by atomic mass is 9.91. The number of hydrogen-bond acceptors (Lipinski definition) is 6. The quantitative estimate of drug-likeness (QED) is 0.683. The van der Waals surface area contributed by atoms with Gasteiger partial charge in [-0.05, 0) is 70.9 Å². The van der Waals surface area contributed by atoms with Crippen LogP contribution in [-0.4, -0.2) is 41.6 Å². The molecule has 2 bridgehead atoms. The van der Waals surface area contributed by atoms with Crippen LogP contribution in [0.5, 0.6) is 0 Å². The Balaban J connectivity index is 1.96. The van der Waals surface area contributed by atoms with Crippen molar-refractivity contribution in [3.05, 3.63) is 23.5 Å². The molecule has 0 saturated carbocycles. The van der Waals surface area contributed by atoms with Crippen LogP contribution in [0.4, 0.5) is 5.69 Å². The number of pyridine rings is 1. The molecule has 7 nitrogen and oxygen atoms in total. The van der Waals surface area contributed by atoms with E-state index in [0.717, 1.165) is 30.5 Å². The summed E-state index contributed by atoms with van der Waals surface area (Å²) in [7, 11) is 1.34. The third kappa shape index (κ3) is 5.25. The number of aromatic nitrogens is 1. The minimum atomic E-state index is -0.555. The van der Waals surface area contributed by atoms with Crippen molar-refractivity contribution in [3.63, 3.8) is 0 Å². The second-order valence-electron chi connectivity index (χ2n) is 9.96. The molecule has 1 saturated heterocycles. The fraction of sp³-hybridized carbons (Fsp3) is 0.667. The average molecular weight is 431 g/mol. The summed E-state index contributed by atoms with van der Waals surface area (Å²) in [6, 6.07) is 1.68. The van der Waals surface area contributed by atoms with Crippen molar-refractivity contribution in [1.82, 2.24) is 4.98 Å². The van der Waals surface area contributed by atoms with Crippen LogP contribution in [0.1, 0.15) is 65.1 Å². The summed E-state index contributed by atoms with van der Waals surface area (Å²) in [6.45, 7) is 9.64. The van der Waals surface area contributed by atoms with Gasteiger partial charge in [0.2, 0.25) is 5.91 Å². The summed E-state index contributed by atoms with van der Waals surface area (Å²) in [5, 5.41) is 0. The van der Waals surface area contributed by atoms with Gasteiger partial charge in [0.25, 0.3) is 0 Å². The van der Waals surface area contributed by atoms with Crippen LogP contribution in [0.2, 0.25) is 0 Å². The number of esters is 2. The molecule has 3 rings (SSSR count). The summed E-state index contributed by atoms with van der Waals surface area (Å²) in [4.78, 5) is 44.2. The van der Waals surface area contributed by atoms with Gasteiger partial charge in [0.15, 0.2) is 0 Å². The summed E-state index contributed by atoms with van der Waals surface area (Å²) < 4.78 is 10.6. The summed E-state index contributed by atoms with van der Waals surface area (Å²) in [5.74, 6) is -1.13. The van der Waals surface area contributed by atoms with Crippen LogP contribution in [0.15, 0.2) is 12.3 Å². The second-order valence-corrected chi connectivity index (χ2v) is 9.96. The first-order valence-electron chi connectivity index (χ1n) is 11.1. The minimum absolute atomic E-state index is 0.113. The zero-order chi connectivity index (χ0) is 22.9. The number of fused-ring (bicyclic) bond motifs is 2. The van der Waals surface area contributed by atoms with Crippen LogP contribution in [0.3, 0.4) is 0 Å². The van der Waals surface area contributed by atoms with Gasteiger partial charge in [0.1, 0.15) is 5.60 Å². The first-order valence-corrected chi connectivity index (χ1v) is 11.1. The number of nitrogens with zero attached hydrogens (tertiary/aromatic N) is 2. The van der Waals surface area contributed by atoms with Crippen molar-refractivity contribution in [2.24, 2.45) is 17.8 Å². The topological polar surface area (TPSA) is 85.8 Å². The van der Waals surface area contributed by atoms with Crippen molar-refractivity contribution in [2.75, 3.05) is 12.0 Å². The number of methoxy groups -OCH3 is 1. The molecule has 1 unspecified atom stereocenters. The van der Waals surface area contributed by atoms with Crippen molar-refractivity contribution < 1.29 is 23.9 Å². The normalized spacial score (nSPS) is 26.6. The van der Waals surface area contributed by atoms with Gasteiger partial charge in [-0.3, -0.25) is 19.4 Å². The minimum Gasteiger partial charge on any atom is -0.469 e. The Hall–Kier alpha value is -2.44. The van der Waals surface area contributed by atoms with Crippen molar-refractivity contribution >= 4 is 23.5 Å². The lowest BCUT2D eigenvalue weighted by Crippen LogP contribution is -2.36. The molecular weight excluding hydrogens is 396 g/mol. The lowest BCUT2D eigenvalue weighted by Gasteiger charge is -2.28. The van der Waals surface area contributed by atoms with Crippen LogP contribution >= 0.6 is 0 Å². The number of hydrogen-bond donors (Lipinski definition) is 0. The number of rotatable bonds is 3. The molecular formula is C24H34N2O5. The van der Waals surface area contributed by atoms with E-state index in [-0.39, 0.29) is 36.2 Å². The third-order valence-electron chi connectivity index (χ3n) is 6.21. The van der Waals surface area contributed by atoms with E-state index in [1.165, 1.54) is 7.11 Å². The van der Waals surface area contributed by atoms with Crippen LogP contribution in [0.25, 0.3) is 0 Å². The highest BCUT2D eigenvalue weighted by Gasteiger charge is 2.43. The van der Waals surface area contributed by atoms with Crippen LogP contribution in [-0.2, 0) is 36.7 Å². The van der Waals surface area contributed by atoms with Crippen molar-refractivity contribution in [3.8, 4) is 0 Å². The van der Waals surface area contributed by atoms with E-state index in [1.807, 2.05) is 33.8 Å². The largest absolute Gasteiger partial charge is 0.469 e. The van der Waals surface area contributed by atoms with Gasteiger partial charge in [0, 0.05) is 18.2 Å². The standard InChI is InChI=1S/C24H34N2O5/c1-14-7-8-16(22(28)31-24(3,4)5)10-17-11-18(9-14)25-13-20(17)26-15(2)19(12-21(26)27)23(29)30-6/h11,13-16,19H,7-10,12H2,1-6H3/t14-,15+,16?,19+/m1/s1. The van der Waals surface area contributed by atoms with Gasteiger partial charge in [-0.25, -0.2) is 0 Å². The lowest BCUT2D eigenvalue weighted by molar-refractivity contribution is -0.160. The third-order valence-corrected chi connectivity index (χ3v) is 6.21. The van der Waals surface area contributed by atoms with Gasteiger partial charge in [-0.1, -0.05) is 6.92 Å². The highest BCUT2D eigenvalue weighted by molar-refractivity contribution is 6.01. The molecule has 7 heteroatoms. The van der Waals surface area contributed by atoms with Crippen LogP contribution < -0.4 is 4.90 Å². The predicted octanol–water partition coefficient (Wildman–Crippen LogP) is 3.47. The molecule has 1 aromatic heterocycles. The molecule has 0 N–H and O–H groups in total. The van der Waals surface area contributed by atoms with E-state index >= 15 is 0 Å². The summed E-state index contributed by atoms with van der Waals surface area (Å²) in [6.07, 6.45) is 4.77. The zero-order valence-corrected chi connectivity index (χ0v) is 19.4. The first-order chi connectivity index (χ1) is 14.5. The van der Waals surface area contributed by atoms with Gasteiger partial charge in [-0.15, -0.1) is 0 Å². The number of carbonyl (C=O) groups excluding carboxylic acids is 3. The summed E-state index contributed by atoms with van der Waals surface area (Å²) >= 11 is 0. The highest BCUT2D eigenvalue weighted by Crippen LogP contribution is 2.36. The Bertz CT molecular complexity index is 860. The molecule has 170 valence electrons. The van der Waals surface area contributed by atoms with E-state index in [1.54, 1.807) is 11.1 Å². The molecule has 1 amide bonds. The van der Waals surface area contributed by atoms with E-state index in [0.29, 0.717) is 18.0 Å². The molecule has 1 aromatic rings.